The molecule has 0 saturated carbocycles. The van der Waals surface area contributed by atoms with E-state index >= 15 is 0 Å². The number of anilines is 1. The molecule has 0 unspecified atom stereocenters. The molecule has 0 spiro atoms. The lowest BCUT2D eigenvalue weighted by Gasteiger charge is -2.24. The van der Waals surface area contributed by atoms with E-state index in [0.717, 1.165) is 11.8 Å². The first-order chi connectivity index (χ1) is 15.6. The van der Waals surface area contributed by atoms with Crippen molar-refractivity contribution in [2.75, 3.05) is 51.1 Å². The lowest BCUT2D eigenvalue weighted by molar-refractivity contribution is -0.130. The Morgan fingerprint density at radius 2 is 1.94 bits per heavy atom. The van der Waals surface area contributed by atoms with Crippen LogP contribution in [-0.4, -0.2) is 80.7 Å². The summed E-state index contributed by atoms with van der Waals surface area (Å²) in [6, 6.07) is 11.8. The van der Waals surface area contributed by atoms with Crippen molar-refractivity contribution in [2.24, 2.45) is 0 Å². The van der Waals surface area contributed by atoms with Gasteiger partial charge in [-0.2, -0.15) is 0 Å². The summed E-state index contributed by atoms with van der Waals surface area (Å²) in [7, 11) is -1.92. The maximum atomic E-state index is 13.4. The highest BCUT2D eigenvalue weighted by molar-refractivity contribution is 7.88. The third-order valence-corrected chi connectivity index (χ3v) is 6.94. The second-order valence-corrected chi connectivity index (χ2v) is 10.1. The lowest BCUT2D eigenvalue weighted by Crippen LogP contribution is -2.43. The van der Waals surface area contributed by atoms with Gasteiger partial charge in [0.1, 0.15) is 18.9 Å². The predicted molar refractivity (Wildman–Crippen MR) is 125 cm³/mol. The molecule has 0 aliphatic carbocycles. The van der Waals surface area contributed by atoms with E-state index in [1.165, 1.54) is 28.4 Å². The van der Waals surface area contributed by atoms with E-state index in [1.807, 2.05) is 12.1 Å². The third-order valence-electron chi connectivity index (χ3n) is 5.32. The van der Waals surface area contributed by atoms with Crippen LogP contribution in [0.25, 0.3) is 0 Å². The first-order valence-corrected chi connectivity index (χ1v) is 12.5. The van der Waals surface area contributed by atoms with Gasteiger partial charge in [-0.15, -0.1) is 0 Å². The zero-order valence-electron chi connectivity index (χ0n) is 18.4. The molecule has 1 aliphatic rings. The number of rotatable bonds is 8. The smallest absolute Gasteiger partial charge is 0.260 e. The molecule has 2 aromatic rings. The van der Waals surface area contributed by atoms with Gasteiger partial charge in [-0.1, -0.05) is 29.8 Å². The van der Waals surface area contributed by atoms with Crippen molar-refractivity contribution in [3.63, 3.8) is 0 Å². The Bertz CT molecular complexity index is 1140. The number of hydrogen-bond acceptors (Lipinski definition) is 6. The third kappa shape index (κ3) is 6.02. The number of fused-ring (bicyclic) bond motifs is 1. The average molecular weight is 496 g/mol. The predicted octanol–water partition coefficient (Wildman–Crippen LogP) is 1.59. The highest BCUT2D eigenvalue weighted by Gasteiger charge is 2.30. The van der Waals surface area contributed by atoms with Crippen molar-refractivity contribution in [3.05, 3.63) is 58.6 Å². The molecule has 1 N–H and O–H groups in total. The molecule has 2 aromatic carbocycles. The summed E-state index contributed by atoms with van der Waals surface area (Å²) in [4.78, 5) is 29.4. The van der Waals surface area contributed by atoms with E-state index in [2.05, 4.69) is 0 Å². The first kappa shape index (κ1) is 25.0. The van der Waals surface area contributed by atoms with Gasteiger partial charge >= 0.3 is 0 Å². The van der Waals surface area contributed by atoms with E-state index in [-0.39, 0.29) is 55.9 Å². The van der Waals surface area contributed by atoms with Crippen molar-refractivity contribution in [1.29, 1.82) is 0 Å². The molecule has 11 heteroatoms. The second-order valence-electron chi connectivity index (χ2n) is 7.63. The largest absolute Gasteiger partial charge is 0.491 e. The van der Waals surface area contributed by atoms with Gasteiger partial charge in [-0.3, -0.25) is 14.5 Å². The first-order valence-electron chi connectivity index (χ1n) is 10.2. The number of aliphatic hydroxyl groups excluding tert-OH is 1. The second kappa shape index (κ2) is 10.5. The van der Waals surface area contributed by atoms with Gasteiger partial charge in [0.25, 0.3) is 5.91 Å². The molecule has 2 amide bonds. The molecule has 0 atom stereocenters. The number of benzene rings is 2. The Morgan fingerprint density at radius 3 is 2.61 bits per heavy atom. The molecule has 0 radical (unpaired) electrons. The van der Waals surface area contributed by atoms with Gasteiger partial charge in [0.05, 0.1) is 23.4 Å². The molecule has 1 aliphatic heterocycles. The van der Waals surface area contributed by atoms with Crippen LogP contribution in [0.3, 0.4) is 0 Å². The minimum Gasteiger partial charge on any atom is -0.491 e. The molecular weight excluding hydrogens is 470 g/mol. The zero-order valence-corrected chi connectivity index (χ0v) is 20.0. The van der Waals surface area contributed by atoms with Crippen LogP contribution in [0, 0.1) is 0 Å². The summed E-state index contributed by atoms with van der Waals surface area (Å²) in [5.74, 6) is -0.329. The molecule has 0 bridgehead atoms. The molecule has 0 aromatic heterocycles. The number of carbonyl (C=O) groups is 2. The summed E-state index contributed by atoms with van der Waals surface area (Å²) >= 11 is 6.33. The van der Waals surface area contributed by atoms with E-state index in [4.69, 9.17) is 21.4 Å². The van der Waals surface area contributed by atoms with E-state index < -0.39 is 15.9 Å². The number of sulfonamides is 1. The Kier molecular flexibility index (Phi) is 7.96. The maximum Gasteiger partial charge on any atom is 0.260 e. The van der Waals surface area contributed by atoms with Crippen LogP contribution in [-0.2, 0) is 21.4 Å². The van der Waals surface area contributed by atoms with Crippen molar-refractivity contribution in [3.8, 4) is 5.75 Å². The fraction of sp³-hybridized carbons (Fsp3) is 0.364. The summed E-state index contributed by atoms with van der Waals surface area (Å²) in [6.45, 7) is 0.317. The lowest BCUT2D eigenvalue weighted by atomic mass is 10.1. The van der Waals surface area contributed by atoms with Crippen LogP contribution < -0.4 is 9.64 Å². The number of hydrogen-bond donors (Lipinski definition) is 1. The number of likely N-dealkylation sites (N-methyl/N-ethyl adjacent to an activating group) is 1. The number of amides is 2. The molecule has 33 heavy (non-hydrogen) atoms. The topological polar surface area (TPSA) is 107 Å². The van der Waals surface area contributed by atoms with Crippen molar-refractivity contribution in [2.45, 2.75) is 6.54 Å². The quantitative estimate of drug-likeness (QED) is 0.596. The number of aliphatic hydroxyl groups is 1. The summed E-state index contributed by atoms with van der Waals surface area (Å²) in [5.41, 5.74) is 1.56. The van der Waals surface area contributed by atoms with Gasteiger partial charge in [0, 0.05) is 32.4 Å². The number of halogens is 1. The van der Waals surface area contributed by atoms with Crippen LogP contribution in [0.2, 0.25) is 5.02 Å². The fourth-order valence-corrected chi connectivity index (χ4v) is 4.07. The Labute approximate surface area is 198 Å². The molecule has 0 fully saturated rings. The Balaban J connectivity index is 1.86. The highest BCUT2D eigenvalue weighted by atomic mass is 35.5. The Hall–Kier alpha value is -2.66. The summed E-state index contributed by atoms with van der Waals surface area (Å²) in [5, 5.41) is 9.06. The number of ether oxygens (including phenoxy) is 1. The van der Waals surface area contributed by atoms with E-state index in [1.54, 1.807) is 23.1 Å². The van der Waals surface area contributed by atoms with Crippen LogP contribution in [0.4, 0.5) is 5.69 Å². The molecule has 178 valence electrons. The number of nitrogens with zero attached hydrogens (tertiary/aromatic N) is 3. The van der Waals surface area contributed by atoms with Gasteiger partial charge in [0.15, 0.2) is 0 Å². The number of para-hydroxylation sites is 1. The van der Waals surface area contributed by atoms with Gasteiger partial charge in [-0.25, -0.2) is 12.7 Å². The Morgan fingerprint density at radius 1 is 1.21 bits per heavy atom. The van der Waals surface area contributed by atoms with Gasteiger partial charge in [0.2, 0.25) is 15.9 Å². The molecule has 3 rings (SSSR count). The maximum absolute atomic E-state index is 13.4. The van der Waals surface area contributed by atoms with Crippen molar-refractivity contribution in [1.82, 2.24) is 9.21 Å². The summed E-state index contributed by atoms with van der Waals surface area (Å²) in [6.07, 6.45) is 1.11. The summed E-state index contributed by atoms with van der Waals surface area (Å²) < 4.78 is 29.9. The SMILES string of the molecule is CN(CCN1Cc2ccccc2N(C(=O)c2ccc(OCCO)cc2Cl)CC1=O)S(C)(=O)=O. The van der Waals surface area contributed by atoms with Gasteiger partial charge in [-0.05, 0) is 29.8 Å². The zero-order chi connectivity index (χ0) is 24.2. The average Bonchev–Trinajstić information content (AvgIpc) is 2.91. The standard InChI is InChI=1S/C22H26ClN3O6S/c1-24(33(2,30)31)9-10-25-14-16-5-3-4-6-20(16)26(15-21(25)28)22(29)18-8-7-17(13-19(18)23)32-12-11-27/h3-8,13,27H,9-12,14-15H2,1-2H3. The molecule has 9 nitrogen and oxygen atoms in total. The fourth-order valence-electron chi connectivity index (χ4n) is 3.40. The molecular formula is C22H26ClN3O6S. The molecule has 0 saturated heterocycles. The van der Waals surface area contributed by atoms with Gasteiger partial charge < -0.3 is 14.7 Å². The normalized spacial score (nSPS) is 14.3. The van der Waals surface area contributed by atoms with Crippen molar-refractivity contribution >= 4 is 39.1 Å². The van der Waals surface area contributed by atoms with E-state index in [9.17, 15) is 18.0 Å². The van der Waals surface area contributed by atoms with Crippen LogP contribution in [0.5, 0.6) is 5.75 Å². The van der Waals surface area contributed by atoms with Crippen molar-refractivity contribution < 1.29 is 27.9 Å². The minimum absolute atomic E-state index is 0.0992. The van der Waals surface area contributed by atoms with Crippen LogP contribution in [0.1, 0.15) is 15.9 Å². The monoisotopic (exact) mass is 495 g/mol. The van der Waals surface area contributed by atoms with E-state index in [0.29, 0.717) is 11.4 Å². The molecule has 1 heterocycles. The number of carbonyl (C=O) groups excluding carboxylic acids is 2. The van der Waals surface area contributed by atoms with Crippen LogP contribution in [0.15, 0.2) is 42.5 Å². The highest BCUT2D eigenvalue weighted by Crippen LogP contribution is 2.30. The van der Waals surface area contributed by atoms with Crippen LogP contribution >= 0.6 is 11.6 Å². The minimum atomic E-state index is -3.37.